The molecule has 2 heterocycles. The van der Waals surface area contributed by atoms with E-state index in [0.717, 1.165) is 12.8 Å². The van der Waals surface area contributed by atoms with Crippen LogP contribution in [-0.4, -0.2) is 34.5 Å². The van der Waals surface area contributed by atoms with Crippen LogP contribution in [0.4, 0.5) is 0 Å². The van der Waals surface area contributed by atoms with Gasteiger partial charge in [-0.15, -0.1) is 0 Å². The van der Waals surface area contributed by atoms with Crippen LogP contribution in [0.3, 0.4) is 0 Å². The molecule has 1 atom stereocenters. The van der Waals surface area contributed by atoms with E-state index in [9.17, 15) is 9.59 Å². The van der Waals surface area contributed by atoms with Gasteiger partial charge in [0.15, 0.2) is 5.82 Å². The van der Waals surface area contributed by atoms with Crippen LogP contribution in [0.1, 0.15) is 43.8 Å². The number of rotatable bonds is 5. The number of nitrogens with one attached hydrogen (secondary N) is 2. The van der Waals surface area contributed by atoms with Gasteiger partial charge in [-0.05, 0) is 32.6 Å². The molecule has 1 saturated heterocycles. The van der Waals surface area contributed by atoms with E-state index in [1.54, 1.807) is 6.92 Å². The van der Waals surface area contributed by atoms with Crippen LogP contribution in [0.15, 0.2) is 4.52 Å². The first-order valence-corrected chi connectivity index (χ1v) is 7.01. The summed E-state index contributed by atoms with van der Waals surface area (Å²) in [6, 6.07) is -0.393. The van der Waals surface area contributed by atoms with Gasteiger partial charge >= 0.3 is 0 Å². The van der Waals surface area contributed by atoms with Crippen molar-refractivity contribution in [1.82, 2.24) is 20.8 Å². The predicted molar refractivity (Wildman–Crippen MR) is 70.8 cm³/mol. The topological polar surface area (TPSA) is 97.1 Å². The molecule has 7 heteroatoms. The Morgan fingerprint density at radius 2 is 2.35 bits per heavy atom. The Morgan fingerprint density at radius 1 is 1.50 bits per heavy atom. The third-order valence-corrected chi connectivity index (χ3v) is 3.23. The van der Waals surface area contributed by atoms with E-state index in [4.69, 9.17) is 4.52 Å². The van der Waals surface area contributed by atoms with Crippen molar-refractivity contribution in [3.05, 3.63) is 11.7 Å². The number of hydrogen-bond acceptors (Lipinski definition) is 5. The van der Waals surface area contributed by atoms with E-state index in [2.05, 4.69) is 20.8 Å². The second-order valence-electron chi connectivity index (χ2n) is 5.00. The summed E-state index contributed by atoms with van der Waals surface area (Å²) in [7, 11) is 0. The van der Waals surface area contributed by atoms with Gasteiger partial charge < -0.3 is 15.2 Å². The van der Waals surface area contributed by atoms with Crippen LogP contribution in [-0.2, 0) is 16.0 Å². The summed E-state index contributed by atoms with van der Waals surface area (Å²) in [6.07, 6.45) is 4.18. The first-order chi connectivity index (χ1) is 9.65. The average molecular weight is 280 g/mol. The second kappa shape index (κ2) is 7.02. The van der Waals surface area contributed by atoms with Crippen molar-refractivity contribution in [2.75, 3.05) is 6.54 Å². The normalized spacial score (nSPS) is 19.2. The fraction of sp³-hybridized carbons (Fsp3) is 0.692. The van der Waals surface area contributed by atoms with Crippen LogP contribution in [0.5, 0.6) is 0 Å². The zero-order valence-electron chi connectivity index (χ0n) is 11.6. The Hall–Kier alpha value is -1.92. The highest BCUT2D eigenvalue weighted by molar-refractivity contribution is 5.87. The van der Waals surface area contributed by atoms with Gasteiger partial charge in [-0.1, -0.05) is 5.16 Å². The summed E-state index contributed by atoms with van der Waals surface area (Å²) >= 11 is 0. The highest BCUT2D eigenvalue weighted by Gasteiger charge is 2.22. The summed E-state index contributed by atoms with van der Waals surface area (Å²) in [5.41, 5.74) is 0. The van der Waals surface area contributed by atoms with Gasteiger partial charge in [0.05, 0.1) is 0 Å². The Labute approximate surface area is 117 Å². The molecule has 0 aliphatic carbocycles. The number of carbonyl (C=O) groups excluding carboxylic acids is 2. The van der Waals surface area contributed by atoms with E-state index in [-0.39, 0.29) is 11.8 Å². The maximum Gasteiger partial charge on any atom is 0.242 e. The van der Waals surface area contributed by atoms with Crippen LogP contribution < -0.4 is 10.6 Å². The summed E-state index contributed by atoms with van der Waals surface area (Å²) < 4.78 is 4.97. The van der Waals surface area contributed by atoms with E-state index >= 15 is 0 Å². The molecule has 20 heavy (non-hydrogen) atoms. The molecule has 1 aromatic heterocycles. The summed E-state index contributed by atoms with van der Waals surface area (Å²) in [4.78, 5) is 27.6. The molecular weight excluding hydrogens is 260 g/mol. The Morgan fingerprint density at radius 3 is 3.10 bits per heavy atom. The summed E-state index contributed by atoms with van der Waals surface area (Å²) in [6.45, 7) is 2.45. The predicted octanol–water partition coefficient (Wildman–Crippen LogP) is 0.486. The van der Waals surface area contributed by atoms with Gasteiger partial charge in [0.2, 0.25) is 17.7 Å². The lowest BCUT2D eigenvalue weighted by Gasteiger charge is -2.14. The molecule has 0 radical (unpaired) electrons. The maximum absolute atomic E-state index is 11.8. The van der Waals surface area contributed by atoms with Crippen LogP contribution in [0.25, 0.3) is 0 Å². The summed E-state index contributed by atoms with van der Waals surface area (Å²) in [5, 5.41) is 9.27. The Balaban J connectivity index is 1.70. The molecule has 0 saturated carbocycles. The Kier molecular flexibility index (Phi) is 5.09. The molecule has 1 fully saturated rings. The molecule has 1 aliphatic rings. The second-order valence-corrected chi connectivity index (χ2v) is 5.00. The van der Waals surface area contributed by atoms with E-state index < -0.39 is 6.04 Å². The van der Waals surface area contributed by atoms with Crippen molar-refractivity contribution < 1.29 is 14.1 Å². The first kappa shape index (κ1) is 14.5. The molecule has 0 aromatic carbocycles. The van der Waals surface area contributed by atoms with Gasteiger partial charge in [-0.3, -0.25) is 9.59 Å². The third kappa shape index (κ3) is 4.32. The lowest BCUT2D eigenvalue weighted by atomic mass is 10.1. The number of aromatic nitrogens is 2. The van der Waals surface area contributed by atoms with Gasteiger partial charge in [0.25, 0.3) is 0 Å². The molecule has 2 amide bonds. The van der Waals surface area contributed by atoms with Crippen molar-refractivity contribution in [2.24, 2.45) is 0 Å². The standard InChI is InChI=1S/C13H20N4O3/c1-9-15-12(20-17-9)7-4-6-11(18)16-10-5-2-3-8-14-13(10)19/h10H,2-8H2,1H3,(H,14,19)(H,16,18). The van der Waals surface area contributed by atoms with Crippen molar-refractivity contribution in [2.45, 2.75) is 51.5 Å². The zero-order chi connectivity index (χ0) is 14.4. The minimum atomic E-state index is -0.393. The molecular formula is C13H20N4O3. The Bertz CT molecular complexity index is 472. The molecule has 2 rings (SSSR count). The first-order valence-electron chi connectivity index (χ1n) is 7.01. The van der Waals surface area contributed by atoms with E-state index in [1.807, 2.05) is 0 Å². The average Bonchev–Trinajstić information content (AvgIpc) is 2.71. The van der Waals surface area contributed by atoms with Crippen molar-refractivity contribution in [3.63, 3.8) is 0 Å². The molecule has 1 unspecified atom stereocenters. The highest BCUT2D eigenvalue weighted by Crippen LogP contribution is 2.07. The minimum absolute atomic E-state index is 0.0802. The lowest BCUT2D eigenvalue weighted by molar-refractivity contribution is -0.128. The largest absolute Gasteiger partial charge is 0.354 e. The van der Waals surface area contributed by atoms with Crippen LogP contribution in [0.2, 0.25) is 0 Å². The van der Waals surface area contributed by atoms with Crippen LogP contribution >= 0.6 is 0 Å². The fourth-order valence-corrected chi connectivity index (χ4v) is 2.19. The van der Waals surface area contributed by atoms with Crippen LogP contribution in [0, 0.1) is 6.92 Å². The molecule has 110 valence electrons. The maximum atomic E-state index is 11.8. The number of carbonyl (C=O) groups is 2. The molecule has 7 nitrogen and oxygen atoms in total. The SMILES string of the molecule is Cc1noc(CCCC(=O)NC2CCCCNC2=O)n1. The number of amides is 2. The van der Waals surface area contributed by atoms with E-state index in [0.29, 0.717) is 43.9 Å². The van der Waals surface area contributed by atoms with Crippen molar-refractivity contribution >= 4 is 11.8 Å². The van der Waals surface area contributed by atoms with Gasteiger partial charge in [0.1, 0.15) is 6.04 Å². The van der Waals surface area contributed by atoms with Crippen molar-refractivity contribution in [1.29, 1.82) is 0 Å². The molecule has 0 spiro atoms. The quantitative estimate of drug-likeness (QED) is 0.818. The molecule has 1 aliphatic heterocycles. The fourth-order valence-electron chi connectivity index (χ4n) is 2.19. The van der Waals surface area contributed by atoms with E-state index in [1.165, 1.54) is 0 Å². The monoisotopic (exact) mass is 280 g/mol. The highest BCUT2D eigenvalue weighted by atomic mass is 16.5. The molecule has 1 aromatic rings. The number of hydrogen-bond donors (Lipinski definition) is 2. The van der Waals surface area contributed by atoms with Gasteiger partial charge in [-0.2, -0.15) is 4.98 Å². The molecule has 0 bridgehead atoms. The molecule has 2 N–H and O–H groups in total. The number of aryl methyl sites for hydroxylation is 2. The lowest BCUT2D eigenvalue weighted by Crippen LogP contribution is -2.45. The third-order valence-electron chi connectivity index (χ3n) is 3.23. The summed E-state index contributed by atoms with van der Waals surface area (Å²) in [5.74, 6) is 0.953. The number of nitrogens with zero attached hydrogens (tertiary/aromatic N) is 2. The smallest absolute Gasteiger partial charge is 0.242 e. The minimum Gasteiger partial charge on any atom is -0.354 e. The zero-order valence-corrected chi connectivity index (χ0v) is 11.6. The van der Waals surface area contributed by atoms with Gasteiger partial charge in [0, 0.05) is 19.4 Å². The van der Waals surface area contributed by atoms with Gasteiger partial charge in [-0.25, -0.2) is 0 Å². The van der Waals surface area contributed by atoms with Crippen molar-refractivity contribution in [3.8, 4) is 0 Å².